The molecule has 2 heterocycles. The lowest BCUT2D eigenvalue weighted by molar-refractivity contribution is 0.773. The van der Waals surface area contributed by atoms with Crippen molar-refractivity contribution < 1.29 is 0 Å². The number of rotatable bonds is 3. The van der Waals surface area contributed by atoms with Crippen LogP contribution in [0.1, 0.15) is 30.1 Å². The maximum absolute atomic E-state index is 4.74. The summed E-state index contributed by atoms with van der Waals surface area (Å²) in [4.78, 5) is 9.36. The highest BCUT2D eigenvalue weighted by Gasteiger charge is 2.28. The predicted octanol–water partition coefficient (Wildman–Crippen LogP) is 2.44. The summed E-state index contributed by atoms with van der Waals surface area (Å²) in [7, 11) is 1.88. The molecule has 6 nitrogen and oxygen atoms in total. The summed E-state index contributed by atoms with van der Waals surface area (Å²) in [6.07, 6.45) is 2.34. The number of benzene rings is 1. The maximum Gasteiger partial charge on any atom is 0.164 e. The zero-order valence-electron chi connectivity index (χ0n) is 12.0. The molecule has 1 N–H and O–H groups in total. The molecule has 6 heteroatoms. The summed E-state index contributed by atoms with van der Waals surface area (Å²) in [6, 6.07) is 7.91. The largest absolute Gasteiger partial charge is 0.373 e. The monoisotopic (exact) mass is 280 g/mol. The second-order valence-corrected chi connectivity index (χ2v) is 5.39. The van der Waals surface area contributed by atoms with E-state index in [1.165, 1.54) is 12.8 Å². The van der Waals surface area contributed by atoms with E-state index in [4.69, 9.17) is 4.98 Å². The molecule has 0 unspecified atom stereocenters. The van der Waals surface area contributed by atoms with Crippen molar-refractivity contribution in [3.05, 3.63) is 35.7 Å². The molecular weight excluding hydrogens is 264 g/mol. The smallest absolute Gasteiger partial charge is 0.164 e. The van der Waals surface area contributed by atoms with E-state index in [0.717, 1.165) is 34.1 Å². The van der Waals surface area contributed by atoms with Crippen molar-refractivity contribution in [2.24, 2.45) is 0 Å². The number of aromatic nitrogens is 5. The summed E-state index contributed by atoms with van der Waals surface area (Å²) in [5.41, 5.74) is 2.81. The van der Waals surface area contributed by atoms with Crippen LogP contribution in [0.5, 0.6) is 0 Å². The molecule has 1 aliphatic rings. The molecule has 21 heavy (non-hydrogen) atoms. The number of hydrogen-bond acceptors (Lipinski definition) is 5. The maximum atomic E-state index is 4.74. The lowest BCUT2D eigenvalue weighted by Gasteiger charge is -2.12. The fourth-order valence-corrected chi connectivity index (χ4v) is 2.52. The first kappa shape index (κ1) is 12.3. The normalized spacial score (nSPS) is 14.6. The average Bonchev–Trinajstić information content (AvgIpc) is 3.27. The third kappa shape index (κ3) is 1.94. The van der Waals surface area contributed by atoms with Gasteiger partial charge in [-0.05, 0) is 31.9 Å². The minimum atomic E-state index is 0.492. The van der Waals surface area contributed by atoms with Gasteiger partial charge in [0.15, 0.2) is 5.82 Å². The van der Waals surface area contributed by atoms with E-state index >= 15 is 0 Å². The first-order valence-corrected chi connectivity index (χ1v) is 7.15. The van der Waals surface area contributed by atoms with Gasteiger partial charge in [0.05, 0.1) is 5.52 Å². The van der Waals surface area contributed by atoms with E-state index < -0.39 is 0 Å². The van der Waals surface area contributed by atoms with Crippen LogP contribution in [0.2, 0.25) is 0 Å². The van der Waals surface area contributed by atoms with Crippen molar-refractivity contribution in [1.29, 1.82) is 0 Å². The van der Waals surface area contributed by atoms with Crippen LogP contribution in [0, 0.1) is 6.92 Å². The predicted molar refractivity (Wildman–Crippen MR) is 80.7 cm³/mol. The Labute approximate surface area is 122 Å². The van der Waals surface area contributed by atoms with Gasteiger partial charge in [-0.15, -0.1) is 5.10 Å². The Balaban J connectivity index is 1.96. The Bertz CT molecular complexity index is 818. The summed E-state index contributed by atoms with van der Waals surface area (Å²) in [5.74, 6) is 3.07. The Kier molecular flexibility index (Phi) is 2.63. The van der Waals surface area contributed by atoms with E-state index in [1.807, 2.05) is 38.2 Å². The van der Waals surface area contributed by atoms with Gasteiger partial charge >= 0.3 is 0 Å². The molecule has 106 valence electrons. The van der Waals surface area contributed by atoms with Crippen molar-refractivity contribution >= 4 is 16.9 Å². The lowest BCUT2D eigenvalue weighted by atomic mass is 10.2. The summed E-state index contributed by atoms with van der Waals surface area (Å²) >= 11 is 0. The van der Waals surface area contributed by atoms with Crippen LogP contribution in [0.4, 0.5) is 5.82 Å². The van der Waals surface area contributed by atoms with Gasteiger partial charge in [0.2, 0.25) is 0 Å². The zero-order chi connectivity index (χ0) is 14.4. The third-order valence-electron chi connectivity index (χ3n) is 3.87. The fourth-order valence-electron chi connectivity index (χ4n) is 2.52. The standard InChI is InChI=1S/C15H16N6/c1-9-13(16-2)17-14(10-7-8-10)18-15(9)21-12-6-4-3-5-11(12)19-20-21/h3-6,10H,7-8H2,1-2H3,(H,16,17,18). The molecule has 0 atom stereocenters. The molecule has 1 aromatic carbocycles. The molecule has 0 aliphatic heterocycles. The first-order valence-electron chi connectivity index (χ1n) is 7.15. The van der Waals surface area contributed by atoms with E-state index in [0.29, 0.717) is 5.92 Å². The number of nitrogens with zero attached hydrogens (tertiary/aromatic N) is 5. The Morgan fingerprint density at radius 3 is 2.76 bits per heavy atom. The molecule has 4 rings (SSSR count). The topological polar surface area (TPSA) is 68.5 Å². The van der Waals surface area contributed by atoms with Gasteiger partial charge in [-0.25, -0.2) is 9.97 Å². The molecule has 3 aromatic rings. The number of anilines is 1. The van der Waals surface area contributed by atoms with Crippen molar-refractivity contribution in [1.82, 2.24) is 25.0 Å². The Morgan fingerprint density at radius 2 is 2.00 bits per heavy atom. The van der Waals surface area contributed by atoms with E-state index in [-0.39, 0.29) is 0 Å². The second-order valence-electron chi connectivity index (χ2n) is 5.39. The minimum Gasteiger partial charge on any atom is -0.373 e. The number of fused-ring (bicyclic) bond motifs is 1. The van der Waals surface area contributed by atoms with Crippen LogP contribution in [0.3, 0.4) is 0 Å². The van der Waals surface area contributed by atoms with Crippen LogP contribution in [-0.4, -0.2) is 32.0 Å². The SMILES string of the molecule is CNc1nc(C2CC2)nc(-n2nnc3ccccc32)c1C. The fraction of sp³-hybridized carbons (Fsp3) is 0.333. The van der Waals surface area contributed by atoms with Gasteiger partial charge in [0.25, 0.3) is 0 Å². The molecule has 1 saturated carbocycles. The number of para-hydroxylation sites is 1. The third-order valence-corrected chi connectivity index (χ3v) is 3.87. The van der Waals surface area contributed by atoms with Gasteiger partial charge in [0.1, 0.15) is 17.2 Å². The highest BCUT2D eigenvalue weighted by molar-refractivity contribution is 5.76. The molecule has 0 radical (unpaired) electrons. The first-order chi connectivity index (χ1) is 10.3. The van der Waals surface area contributed by atoms with Gasteiger partial charge in [-0.1, -0.05) is 17.3 Å². The minimum absolute atomic E-state index is 0.492. The molecule has 0 bridgehead atoms. The number of nitrogens with one attached hydrogen (secondary N) is 1. The van der Waals surface area contributed by atoms with E-state index in [9.17, 15) is 0 Å². The van der Waals surface area contributed by atoms with Crippen molar-refractivity contribution in [3.8, 4) is 5.82 Å². The molecule has 0 amide bonds. The summed E-state index contributed by atoms with van der Waals surface area (Å²) in [6.45, 7) is 2.01. The Morgan fingerprint density at radius 1 is 1.19 bits per heavy atom. The van der Waals surface area contributed by atoms with Crippen LogP contribution in [0.25, 0.3) is 16.9 Å². The molecule has 2 aromatic heterocycles. The second kappa shape index (κ2) is 4.51. The molecule has 0 spiro atoms. The van der Waals surface area contributed by atoms with E-state index in [2.05, 4.69) is 20.6 Å². The highest BCUT2D eigenvalue weighted by Crippen LogP contribution is 2.39. The quantitative estimate of drug-likeness (QED) is 0.798. The molecule has 1 fully saturated rings. The van der Waals surface area contributed by atoms with Gasteiger partial charge < -0.3 is 5.32 Å². The van der Waals surface area contributed by atoms with Gasteiger partial charge in [0, 0.05) is 18.5 Å². The summed E-state index contributed by atoms with van der Waals surface area (Å²) < 4.78 is 1.80. The van der Waals surface area contributed by atoms with Crippen molar-refractivity contribution in [2.75, 3.05) is 12.4 Å². The van der Waals surface area contributed by atoms with Crippen molar-refractivity contribution in [2.45, 2.75) is 25.7 Å². The zero-order valence-corrected chi connectivity index (χ0v) is 12.0. The van der Waals surface area contributed by atoms with Crippen molar-refractivity contribution in [3.63, 3.8) is 0 Å². The van der Waals surface area contributed by atoms with Gasteiger partial charge in [-0.3, -0.25) is 0 Å². The van der Waals surface area contributed by atoms with Crippen LogP contribution < -0.4 is 5.32 Å². The van der Waals surface area contributed by atoms with Crippen LogP contribution in [0.15, 0.2) is 24.3 Å². The van der Waals surface area contributed by atoms with E-state index in [1.54, 1.807) is 4.68 Å². The summed E-state index contributed by atoms with van der Waals surface area (Å²) in [5, 5.41) is 11.6. The molecule has 0 saturated heterocycles. The Hall–Kier alpha value is -2.50. The number of hydrogen-bond donors (Lipinski definition) is 1. The van der Waals surface area contributed by atoms with Gasteiger partial charge in [-0.2, -0.15) is 4.68 Å². The van der Waals surface area contributed by atoms with Crippen LogP contribution in [-0.2, 0) is 0 Å². The highest BCUT2D eigenvalue weighted by atomic mass is 15.4. The van der Waals surface area contributed by atoms with Crippen LogP contribution >= 0.6 is 0 Å². The molecule has 1 aliphatic carbocycles. The molecular formula is C15H16N6. The average molecular weight is 280 g/mol. The lowest BCUT2D eigenvalue weighted by Crippen LogP contribution is -2.10.